The third kappa shape index (κ3) is 7.12. The molecule has 2 aromatic rings. The first-order chi connectivity index (χ1) is 13.6. The van der Waals surface area contributed by atoms with Crippen molar-refractivity contribution < 1.29 is 9.47 Å². The van der Waals surface area contributed by atoms with Crippen LogP contribution in [-0.4, -0.2) is 51.8 Å². The summed E-state index contributed by atoms with van der Waals surface area (Å²) in [5.74, 6) is 2.52. The summed E-state index contributed by atoms with van der Waals surface area (Å²) in [4.78, 5) is 6.42. The lowest BCUT2D eigenvalue weighted by molar-refractivity contribution is 0.259. The van der Waals surface area contributed by atoms with Crippen molar-refractivity contribution in [3.05, 3.63) is 59.7 Å². The van der Waals surface area contributed by atoms with Crippen LogP contribution in [0.1, 0.15) is 18.1 Å². The summed E-state index contributed by atoms with van der Waals surface area (Å²) in [6.07, 6.45) is 0. The fraction of sp³-hybridized carbons (Fsp3) is 0.409. The van der Waals surface area contributed by atoms with Crippen molar-refractivity contribution in [1.29, 1.82) is 0 Å². The summed E-state index contributed by atoms with van der Waals surface area (Å²) in [5.41, 5.74) is 2.19. The average molecular weight is 385 g/mol. The van der Waals surface area contributed by atoms with Crippen LogP contribution in [0.5, 0.6) is 11.5 Å². The van der Waals surface area contributed by atoms with Crippen LogP contribution in [0.25, 0.3) is 0 Å². The van der Waals surface area contributed by atoms with Crippen LogP contribution in [-0.2, 0) is 13.1 Å². The number of nitrogens with zero attached hydrogens (tertiary/aromatic N) is 2. The molecule has 2 aromatic carbocycles. The minimum absolute atomic E-state index is 0.630. The van der Waals surface area contributed by atoms with Crippen LogP contribution < -0.4 is 20.1 Å². The van der Waals surface area contributed by atoms with Crippen molar-refractivity contribution in [2.45, 2.75) is 20.0 Å². The predicted molar refractivity (Wildman–Crippen MR) is 115 cm³/mol. The maximum atomic E-state index is 5.93. The number of guanidine groups is 1. The molecule has 0 fully saturated rings. The molecular weight excluding hydrogens is 352 g/mol. The standard InChI is InChI=1S/C22H32N4O2/c1-5-27-20-12-8-6-10-18(20)16-24-22(23-2)25-17-19-11-7-9-13-21(19)28-15-14-26(3)4/h6-13H,5,14-17H2,1-4H3,(H2,23,24,25). The maximum Gasteiger partial charge on any atom is 0.191 e. The van der Waals surface area contributed by atoms with Crippen molar-refractivity contribution in [1.82, 2.24) is 15.5 Å². The molecule has 28 heavy (non-hydrogen) atoms. The minimum Gasteiger partial charge on any atom is -0.494 e. The molecule has 0 aromatic heterocycles. The number of likely N-dealkylation sites (N-methyl/N-ethyl adjacent to an activating group) is 1. The molecule has 0 saturated carbocycles. The van der Waals surface area contributed by atoms with Gasteiger partial charge in [-0.05, 0) is 33.2 Å². The molecular formula is C22H32N4O2. The van der Waals surface area contributed by atoms with E-state index in [-0.39, 0.29) is 0 Å². The SMILES string of the molecule is CCOc1ccccc1CNC(=NC)NCc1ccccc1OCCN(C)C. The van der Waals surface area contributed by atoms with E-state index in [1.165, 1.54) is 0 Å². The number of nitrogens with one attached hydrogen (secondary N) is 2. The average Bonchev–Trinajstić information content (AvgIpc) is 2.70. The Morgan fingerprint density at radius 1 is 0.893 bits per heavy atom. The summed E-state index contributed by atoms with van der Waals surface area (Å²) in [6, 6.07) is 16.1. The highest BCUT2D eigenvalue weighted by atomic mass is 16.5. The van der Waals surface area contributed by atoms with E-state index in [0.29, 0.717) is 26.3 Å². The van der Waals surface area contributed by atoms with Gasteiger partial charge in [0.15, 0.2) is 5.96 Å². The van der Waals surface area contributed by atoms with E-state index in [4.69, 9.17) is 9.47 Å². The van der Waals surface area contributed by atoms with E-state index in [9.17, 15) is 0 Å². The van der Waals surface area contributed by atoms with Gasteiger partial charge >= 0.3 is 0 Å². The van der Waals surface area contributed by atoms with Gasteiger partial charge in [-0.3, -0.25) is 4.99 Å². The molecule has 0 aliphatic carbocycles. The summed E-state index contributed by atoms with van der Waals surface area (Å²) < 4.78 is 11.6. The lowest BCUT2D eigenvalue weighted by Crippen LogP contribution is -2.36. The van der Waals surface area contributed by atoms with Crippen LogP contribution in [0.4, 0.5) is 0 Å². The Kier molecular flexibility index (Phi) is 9.15. The zero-order valence-corrected chi connectivity index (χ0v) is 17.4. The first kappa shape index (κ1) is 21.6. The third-order valence-corrected chi connectivity index (χ3v) is 4.16. The van der Waals surface area contributed by atoms with E-state index in [0.717, 1.165) is 35.1 Å². The van der Waals surface area contributed by atoms with Crippen molar-refractivity contribution in [3.8, 4) is 11.5 Å². The van der Waals surface area contributed by atoms with Gasteiger partial charge in [-0.15, -0.1) is 0 Å². The Morgan fingerprint density at radius 3 is 1.93 bits per heavy atom. The number of aliphatic imine (C=N–C) groups is 1. The Balaban J connectivity index is 1.91. The number of benzene rings is 2. The van der Waals surface area contributed by atoms with Crippen LogP contribution in [0.2, 0.25) is 0 Å². The molecule has 0 bridgehead atoms. The smallest absolute Gasteiger partial charge is 0.191 e. The molecule has 6 nitrogen and oxygen atoms in total. The molecule has 2 rings (SSSR count). The molecule has 0 amide bonds. The number of ether oxygens (including phenoxy) is 2. The third-order valence-electron chi connectivity index (χ3n) is 4.16. The summed E-state index contributed by atoms with van der Waals surface area (Å²) >= 11 is 0. The van der Waals surface area contributed by atoms with Crippen molar-refractivity contribution in [2.75, 3.05) is 40.9 Å². The van der Waals surface area contributed by atoms with Crippen molar-refractivity contribution in [2.24, 2.45) is 4.99 Å². The molecule has 0 unspecified atom stereocenters. The van der Waals surface area contributed by atoms with Gasteiger partial charge in [0.2, 0.25) is 0 Å². The van der Waals surface area contributed by atoms with Crippen molar-refractivity contribution >= 4 is 5.96 Å². The monoisotopic (exact) mass is 384 g/mol. The largest absolute Gasteiger partial charge is 0.494 e. The van der Waals surface area contributed by atoms with Gasteiger partial charge in [0.1, 0.15) is 18.1 Å². The molecule has 6 heteroatoms. The second-order valence-corrected chi connectivity index (χ2v) is 6.58. The van der Waals surface area contributed by atoms with Crippen LogP contribution in [0, 0.1) is 0 Å². The van der Waals surface area contributed by atoms with Gasteiger partial charge in [-0.2, -0.15) is 0 Å². The van der Waals surface area contributed by atoms with Gasteiger partial charge in [-0.25, -0.2) is 0 Å². The second kappa shape index (κ2) is 11.9. The molecule has 0 aliphatic heterocycles. The Morgan fingerprint density at radius 2 is 1.43 bits per heavy atom. The number of rotatable bonds is 10. The van der Waals surface area contributed by atoms with Gasteiger partial charge in [0, 0.05) is 37.8 Å². The lowest BCUT2D eigenvalue weighted by atomic mass is 10.2. The van der Waals surface area contributed by atoms with Crippen LogP contribution in [0.15, 0.2) is 53.5 Å². The quantitative estimate of drug-likeness (QED) is 0.487. The summed E-state index contributed by atoms with van der Waals surface area (Å²) in [6.45, 7) is 5.44. The molecule has 0 atom stereocenters. The van der Waals surface area contributed by atoms with Gasteiger partial charge in [0.05, 0.1) is 6.61 Å². The van der Waals surface area contributed by atoms with E-state index in [1.54, 1.807) is 7.05 Å². The highest BCUT2D eigenvalue weighted by molar-refractivity contribution is 5.79. The van der Waals surface area contributed by atoms with Crippen molar-refractivity contribution in [3.63, 3.8) is 0 Å². The molecule has 0 radical (unpaired) electrons. The highest BCUT2D eigenvalue weighted by Gasteiger charge is 2.07. The van der Waals surface area contributed by atoms with Gasteiger partial charge in [-0.1, -0.05) is 36.4 Å². The molecule has 152 valence electrons. The van der Waals surface area contributed by atoms with E-state index in [1.807, 2.05) is 57.4 Å². The van der Waals surface area contributed by atoms with Crippen LogP contribution >= 0.6 is 0 Å². The maximum absolute atomic E-state index is 5.93. The first-order valence-electron chi connectivity index (χ1n) is 9.64. The van der Waals surface area contributed by atoms with Gasteiger partial charge < -0.3 is 25.0 Å². The molecule has 0 saturated heterocycles. The van der Waals surface area contributed by atoms with E-state index in [2.05, 4.69) is 32.7 Å². The highest BCUT2D eigenvalue weighted by Crippen LogP contribution is 2.18. The fourth-order valence-electron chi connectivity index (χ4n) is 2.65. The molecule has 0 heterocycles. The molecule has 2 N–H and O–H groups in total. The molecule has 0 aliphatic rings. The summed E-state index contributed by atoms with van der Waals surface area (Å²) in [5, 5.41) is 6.70. The summed E-state index contributed by atoms with van der Waals surface area (Å²) in [7, 11) is 5.84. The number of hydrogen-bond donors (Lipinski definition) is 2. The predicted octanol–water partition coefficient (Wildman–Crippen LogP) is 2.89. The Labute approximate surface area is 168 Å². The Bertz CT molecular complexity index is 747. The van der Waals surface area contributed by atoms with Crippen LogP contribution in [0.3, 0.4) is 0 Å². The lowest BCUT2D eigenvalue weighted by Gasteiger charge is -2.16. The molecule has 0 spiro atoms. The topological polar surface area (TPSA) is 58.1 Å². The second-order valence-electron chi connectivity index (χ2n) is 6.58. The van der Waals surface area contributed by atoms with E-state index < -0.39 is 0 Å². The van der Waals surface area contributed by atoms with E-state index >= 15 is 0 Å². The first-order valence-corrected chi connectivity index (χ1v) is 9.64. The zero-order valence-electron chi connectivity index (χ0n) is 17.4. The minimum atomic E-state index is 0.630. The number of para-hydroxylation sites is 2. The number of hydrogen-bond acceptors (Lipinski definition) is 4. The zero-order chi connectivity index (χ0) is 20.2. The Hall–Kier alpha value is -2.73. The fourth-order valence-corrected chi connectivity index (χ4v) is 2.65. The van der Waals surface area contributed by atoms with Gasteiger partial charge in [0.25, 0.3) is 0 Å². The normalized spacial score (nSPS) is 11.4.